The zero-order chi connectivity index (χ0) is 14.8. The lowest BCUT2D eigenvalue weighted by atomic mass is 10.3. The fourth-order valence-corrected chi connectivity index (χ4v) is 2.45. The summed E-state index contributed by atoms with van der Waals surface area (Å²) < 4.78 is 31.5. The largest absolute Gasteiger partial charge is 0.373 e. The molecule has 1 aliphatic rings. The number of aromatic nitrogens is 1. The van der Waals surface area contributed by atoms with E-state index in [1.54, 1.807) is 0 Å². The number of halogens is 2. The predicted molar refractivity (Wildman–Crippen MR) is 68.1 cm³/mol. The van der Waals surface area contributed by atoms with E-state index in [1.807, 2.05) is 0 Å². The highest BCUT2D eigenvalue weighted by atomic mass is 32.1. The Kier molecular flexibility index (Phi) is 4.29. The molecule has 1 N–H and O–H groups in total. The Morgan fingerprint density at radius 2 is 2.30 bits per heavy atom. The first-order valence-corrected chi connectivity index (χ1v) is 6.73. The van der Waals surface area contributed by atoms with Crippen LogP contribution in [0.4, 0.5) is 13.9 Å². The van der Waals surface area contributed by atoms with Gasteiger partial charge in [-0.1, -0.05) is 0 Å². The van der Waals surface area contributed by atoms with Gasteiger partial charge >= 0.3 is 0 Å². The van der Waals surface area contributed by atoms with Crippen LogP contribution in [0.5, 0.6) is 0 Å². The minimum absolute atomic E-state index is 0.0384. The van der Waals surface area contributed by atoms with Gasteiger partial charge in [0.25, 0.3) is 11.8 Å². The third-order valence-corrected chi connectivity index (χ3v) is 3.29. The minimum atomic E-state index is -3.07. The topological polar surface area (TPSA) is 71.5 Å². The molecule has 0 radical (unpaired) electrons. The van der Waals surface area contributed by atoms with Gasteiger partial charge in [-0.3, -0.25) is 9.59 Å². The van der Waals surface area contributed by atoms with E-state index in [1.165, 1.54) is 12.3 Å². The maximum atomic E-state index is 13.4. The van der Waals surface area contributed by atoms with Crippen LogP contribution in [-0.2, 0) is 9.53 Å². The molecule has 0 unspecified atom stereocenters. The molecule has 0 spiro atoms. The van der Waals surface area contributed by atoms with Crippen molar-refractivity contribution in [3.8, 4) is 0 Å². The van der Waals surface area contributed by atoms with Gasteiger partial charge in [-0.25, -0.2) is 13.8 Å². The number of hydrogen-bond donors (Lipinski definition) is 1. The van der Waals surface area contributed by atoms with Crippen molar-refractivity contribution in [3.63, 3.8) is 0 Å². The smallest absolute Gasteiger partial charge is 0.288 e. The summed E-state index contributed by atoms with van der Waals surface area (Å²) in [6.07, 6.45) is 0. The van der Waals surface area contributed by atoms with Crippen LogP contribution in [0.25, 0.3) is 0 Å². The first-order valence-electron chi connectivity index (χ1n) is 5.85. The van der Waals surface area contributed by atoms with Gasteiger partial charge in [0.05, 0.1) is 13.2 Å². The molecular weight excluding hydrogens is 292 g/mol. The minimum Gasteiger partial charge on any atom is -0.373 e. The molecule has 1 saturated heterocycles. The molecule has 1 aliphatic heterocycles. The lowest BCUT2D eigenvalue weighted by molar-refractivity contribution is -0.114. The standard InChI is InChI=1S/C11H13F2N3O3S/c1-7(17)14-10-15-8(4-20-10)9(18)16-2-3-19-6-11(12,13)5-16/h4H,2-3,5-6H2,1H3,(H,14,15,17). The number of ether oxygens (including phenoxy) is 1. The first kappa shape index (κ1) is 14.8. The average Bonchev–Trinajstić information content (AvgIpc) is 2.71. The van der Waals surface area contributed by atoms with Crippen molar-refractivity contribution in [3.05, 3.63) is 11.1 Å². The fourth-order valence-electron chi connectivity index (χ4n) is 1.72. The van der Waals surface area contributed by atoms with Gasteiger partial charge in [-0.2, -0.15) is 0 Å². The Bertz CT molecular complexity index is 521. The van der Waals surface area contributed by atoms with Crippen molar-refractivity contribution >= 4 is 28.3 Å². The van der Waals surface area contributed by atoms with Gasteiger partial charge in [0.15, 0.2) is 5.13 Å². The molecule has 1 aromatic heterocycles. The zero-order valence-corrected chi connectivity index (χ0v) is 11.5. The van der Waals surface area contributed by atoms with Crippen LogP contribution >= 0.6 is 11.3 Å². The Labute approximate surface area is 117 Å². The number of thiazole rings is 1. The van der Waals surface area contributed by atoms with E-state index in [0.29, 0.717) is 0 Å². The number of nitrogens with one attached hydrogen (secondary N) is 1. The normalized spacial score (nSPS) is 18.4. The molecule has 2 rings (SSSR count). The number of anilines is 1. The number of hydrogen-bond acceptors (Lipinski definition) is 5. The van der Waals surface area contributed by atoms with Crippen molar-refractivity contribution in [1.29, 1.82) is 0 Å². The maximum Gasteiger partial charge on any atom is 0.288 e. The summed E-state index contributed by atoms with van der Waals surface area (Å²) in [5.41, 5.74) is 0.0384. The molecule has 1 aromatic rings. The molecule has 6 nitrogen and oxygen atoms in total. The summed E-state index contributed by atoms with van der Waals surface area (Å²) in [5, 5.41) is 4.13. The van der Waals surface area contributed by atoms with E-state index in [4.69, 9.17) is 4.74 Å². The lowest BCUT2D eigenvalue weighted by Gasteiger charge is -2.22. The Hall–Kier alpha value is -1.61. The van der Waals surface area contributed by atoms with E-state index in [2.05, 4.69) is 10.3 Å². The third-order valence-electron chi connectivity index (χ3n) is 2.53. The molecule has 0 aliphatic carbocycles. The van der Waals surface area contributed by atoms with E-state index in [-0.39, 0.29) is 29.9 Å². The molecule has 20 heavy (non-hydrogen) atoms. The van der Waals surface area contributed by atoms with Crippen LogP contribution in [-0.4, -0.2) is 53.9 Å². The number of nitrogens with zero attached hydrogens (tertiary/aromatic N) is 2. The molecule has 110 valence electrons. The number of carbonyl (C=O) groups excluding carboxylic acids is 2. The van der Waals surface area contributed by atoms with Gasteiger partial charge in [-0.05, 0) is 0 Å². The van der Waals surface area contributed by atoms with Crippen LogP contribution < -0.4 is 5.32 Å². The van der Waals surface area contributed by atoms with Crippen LogP contribution in [0.3, 0.4) is 0 Å². The van der Waals surface area contributed by atoms with Crippen LogP contribution in [0.2, 0.25) is 0 Å². The Balaban J connectivity index is 2.09. The quantitative estimate of drug-likeness (QED) is 0.891. The second kappa shape index (κ2) is 5.80. The van der Waals surface area contributed by atoms with Crippen molar-refractivity contribution < 1.29 is 23.1 Å². The number of amides is 2. The summed E-state index contributed by atoms with van der Waals surface area (Å²) in [5.74, 6) is -3.97. The number of carbonyl (C=O) groups is 2. The molecule has 9 heteroatoms. The van der Waals surface area contributed by atoms with Crippen LogP contribution in [0.15, 0.2) is 5.38 Å². The molecule has 2 amide bonds. The first-order chi connectivity index (χ1) is 9.37. The van der Waals surface area contributed by atoms with E-state index < -0.39 is 25.0 Å². The van der Waals surface area contributed by atoms with Crippen molar-refractivity contribution in [1.82, 2.24) is 9.88 Å². The summed E-state index contributed by atoms with van der Waals surface area (Å²) in [4.78, 5) is 27.9. The van der Waals surface area contributed by atoms with Crippen molar-refractivity contribution in [2.24, 2.45) is 0 Å². The number of alkyl halides is 2. The molecular formula is C11H13F2N3O3S. The molecule has 0 saturated carbocycles. The summed E-state index contributed by atoms with van der Waals surface area (Å²) in [6.45, 7) is 0.0743. The Morgan fingerprint density at radius 1 is 1.55 bits per heavy atom. The second-order valence-corrected chi connectivity index (χ2v) is 5.21. The van der Waals surface area contributed by atoms with E-state index in [9.17, 15) is 18.4 Å². The molecule has 0 bridgehead atoms. The van der Waals surface area contributed by atoms with Gasteiger partial charge in [0.2, 0.25) is 5.91 Å². The third kappa shape index (κ3) is 3.70. The summed E-state index contributed by atoms with van der Waals surface area (Å²) >= 11 is 1.07. The maximum absolute atomic E-state index is 13.4. The summed E-state index contributed by atoms with van der Waals surface area (Å²) in [7, 11) is 0. The molecule has 0 aromatic carbocycles. The fraction of sp³-hybridized carbons (Fsp3) is 0.545. The zero-order valence-electron chi connectivity index (χ0n) is 10.7. The van der Waals surface area contributed by atoms with Gasteiger partial charge in [0, 0.05) is 18.8 Å². The van der Waals surface area contributed by atoms with E-state index in [0.717, 1.165) is 16.2 Å². The summed E-state index contributed by atoms with van der Waals surface area (Å²) in [6, 6.07) is 0. The van der Waals surface area contributed by atoms with Gasteiger partial charge < -0.3 is 15.0 Å². The van der Waals surface area contributed by atoms with Gasteiger partial charge in [-0.15, -0.1) is 11.3 Å². The SMILES string of the molecule is CC(=O)Nc1nc(C(=O)N2CCOCC(F)(F)C2)cs1. The lowest BCUT2D eigenvalue weighted by Crippen LogP contribution is -2.41. The molecule has 2 heterocycles. The predicted octanol–water partition coefficient (Wildman–Crippen LogP) is 1.21. The monoisotopic (exact) mass is 305 g/mol. The highest BCUT2D eigenvalue weighted by Gasteiger charge is 2.37. The highest BCUT2D eigenvalue weighted by molar-refractivity contribution is 7.14. The Morgan fingerprint density at radius 3 is 3.00 bits per heavy atom. The van der Waals surface area contributed by atoms with Gasteiger partial charge in [0.1, 0.15) is 12.3 Å². The number of rotatable bonds is 2. The van der Waals surface area contributed by atoms with Crippen LogP contribution in [0.1, 0.15) is 17.4 Å². The van der Waals surface area contributed by atoms with Crippen molar-refractivity contribution in [2.75, 3.05) is 31.6 Å². The average molecular weight is 305 g/mol. The van der Waals surface area contributed by atoms with Crippen molar-refractivity contribution in [2.45, 2.75) is 12.8 Å². The van der Waals surface area contributed by atoms with Crippen LogP contribution in [0, 0.1) is 0 Å². The second-order valence-electron chi connectivity index (χ2n) is 4.35. The highest BCUT2D eigenvalue weighted by Crippen LogP contribution is 2.22. The molecule has 0 atom stereocenters. The van der Waals surface area contributed by atoms with E-state index >= 15 is 0 Å². The molecule has 1 fully saturated rings.